The molecule has 2 rings (SSSR count). The molecule has 0 aliphatic carbocycles. The van der Waals surface area contributed by atoms with E-state index in [2.05, 4.69) is 17.6 Å². The van der Waals surface area contributed by atoms with Gasteiger partial charge in [0.05, 0.1) is 25.5 Å². The molecule has 0 radical (unpaired) electrons. The number of anilines is 1. The molecule has 1 aromatic carbocycles. The molecule has 1 aliphatic rings. The lowest BCUT2D eigenvalue weighted by Crippen LogP contribution is -2.34. The van der Waals surface area contributed by atoms with Gasteiger partial charge in [0.25, 0.3) is 5.91 Å². The molecule has 0 saturated carbocycles. The molecule has 7 nitrogen and oxygen atoms in total. The molecule has 1 saturated heterocycles. The van der Waals surface area contributed by atoms with Gasteiger partial charge in [0, 0.05) is 12.5 Å². The number of rotatable bonds is 7. The van der Waals surface area contributed by atoms with E-state index in [9.17, 15) is 9.59 Å². The number of piperidine rings is 1. The predicted octanol–water partition coefficient (Wildman–Crippen LogP) is 1.77. The van der Waals surface area contributed by atoms with E-state index < -0.39 is 5.91 Å². The van der Waals surface area contributed by atoms with Crippen molar-refractivity contribution < 1.29 is 19.1 Å². The van der Waals surface area contributed by atoms with E-state index in [4.69, 9.17) is 15.2 Å². The number of hydrogen-bond acceptors (Lipinski definition) is 5. The van der Waals surface area contributed by atoms with E-state index >= 15 is 0 Å². The molecule has 2 atom stereocenters. The van der Waals surface area contributed by atoms with Crippen molar-refractivity contribution in [2.24, 2.45) is 17.6 Å². The maximum Gasteiger partial charge on any atom is 0.250 e. The van der Waals surface area contributed by atoms with Gasteiger partial charge in [-0.15, -0.1) is 0 Å². The molecular formula is C18H27N3O4. The number of carbonyl (C=O) groups excluding carboxylic acids is 2. The highest BCUT2D eigenvalue weighted by Crippen LogP contribution is 2.33. The third-order valence-corrected chi connectivity index (χ3v) is 4.71. The Labute approximate surface area is 148 Å². The van der Waals surface area contributed by atoms with Crippen LogP contribution in [-0.4, -0.2) is 39.1 Å². The van der Waals surface area contributed by atoms with Crippen LogP contribution in [0.15, 0.2) is 12.1 Å². The third kappa shape index (κ3) is 4.85. The molecule has 1 aliphatic heterocycles. The van der Waals surface area contributed by atoms with Gasteiger partial charge in [0.15, 0.2) is 11.5 Å². The van der Waals surface area contributed by atoms with Crippen molar-refractivity contribution in [1.82, 2.24) is 5.32 Å². The molecule has 138 valence electrons. The molecule has 0 spiro atoms. The van der Waals surface area contributed by atoms with Gasteiger partial charge in [-0.1, -0.05) is 6.92 Å². The van der Waals surface area contributed by atoms with Gasteiger partial charge >= 0.3 is 0 Å². The molecule has 1 heterocycles. The molecule has 25 heavy (non-hydrogen) atoms. The lowest BCUT2D eigenvalue weighted by molar-refractivity contribution is -0.117. The van der Waals surface area contributed by atoms with Crippen molar-refractivity contribution in [2.75, 3.05) is 32.6 Å². The molecule has 2 amide bonds. The Bertz CT molecular complexity index is 627. The first-order chi connectivity index (χ1) is 12.0. The first-order valence-corrected chi connectivity index (χ1v) is 8.52. The largest absolute Gasteiger partial charge is 0.493 e. The SMILES string of the molecule is COc1cc(NC(=O)CC(C)C2CCCNC2)c(C(N)=O)cc1OC. The van der Waals surface area contributed by atoms with Crippen molar-refractivity contribution in [2.45, 2.75) is 26.2 Å². The Morgan fingerprint density at radius 2 is 2.00 bits per heavy atom. The van der Waals surface area contributed by atoms with Crippen LogP contribution in [-0.2, 0) is 4.79 Å². The summed E-state index contributed by atoms with van der Waals surface area (Å²) >= 11 is 0. The first kappa shape index (κ1) is 19.1. The highest BCUT2D eigenvalue weighted by Gasteiger charge is 2.23. The normalized spacial score (nSPS) is 18.3. The number of amides is 2. The second-order valence-corrected chi connectivity index (χ2v) is 6.45. The standard InChI is InChI=1S/C18H27N3O4/c1-11(12-5-4-6-20-10-12)7-17(22)21-14-9-16(25-3)15(24-2)8-13(14)18(19)23/h8-9,11-12,20H,4-7,10H2,1-3H3,(H2,19,23)(H,21,22). The molecular weight excluding hydrogens is 322 g/mol. The second-order valence-electron chi connectivity index (χ2n) is 6.45. The zero-order valence-corrected chi connectivity index (χ0v) is 15.1. The average molecular weight is 349 g/mol. The van der Waals surface area contributed by atoms with Gasteiger partial charge in [-0.25, -0.2) is 0 Å². The smallest absolute Gasteiger partial charge is 0.250 e. The Morgan fingerprint density at radius 3 is 2.56 bits per heavy atom. The Hall–Kier alpha value is -2.28. The van der Waals surface area contributed by atoms with Crippen LogP contribution in [0.2, 0.25) is 0 Å². The third-order valence-electron chi connectivity index (χ3n) is 4.71. The highest BCUT2D eigenvalue weighted by atomic mass is 16.5. The Kier molecular flexibility index (Phi) is 6.64. The minimum absolute atomic E-state index is 0.146. The average Bonchev–Trinajstić information content (AvgIpc) is 2.61. The highest BCUT2D eigenvalue weighted by molar-refractivity contribution is 6.03. The van der Waals surface area contributed by atoms with Crippen LogP contribution in [0.3, 0.4) is 0 Å². The summed E-state index contributed by atoms with van der Waals surface area (Å²) in [6.45, 7) is 4.07. The summed E-state index contributed by atoms with van der Waals surface area (Å²) in [6.07, 6.45) is 2.65. The molecule has 0 aromatic heterocycles. The van der Waals surface area contributed by atoms with Crippen molar-refractivity contribution in [3.63, 3.8) is 0 Å². The van der Waals surface area contributed by atoms with Crippen LogP contribution in [0, 0.1) is 11.8 Å². The molecule has 1 aromatic rings. The van der Waals surface area contributed by atoms with E-state index in [1.54, 1.807) is 6.07 Å². The fourth-order valence-electron chi connectivity index (χ4n) is 3.21. The van der Waals surface area contributed by atoms with Gasteiger partial charge in [0.2, 0.25) is 5.91 Å². The maximum absolute atomic E-state index is 12.4. The Morgan fingerprint density at radius 1 is 1.32 bits per heavy atom. The molecule has 4 N–H and O–H groups in total. The monoisotopic (exact) mass is 349 g/mol. The number of nitrogens with two attached hydrogens (primary N) is 1. The summed E-state index contributed by atoms with van der Waals surface area (Å²) in [6, 6.07) is 3.04. The van der Waals surface area contributed by atoms with E-state index in [1.807, 2.05) is 0 Å². The van der Waals surface area contributed by atoms with Crippen molar-refractivity contribution in [3.8, 4) is 11.5 Å². The summed E-state index contributed by atoms with van der Waals surface area (Å²) in [7, 11) is 2.96. The van der Waals surface area contributed by atoms with Gasteiger partial charge in [-0.05, 0) is 43.8 Å². The van der Waals surface area contributed by atoms with Crippen molar-refractivity contribution in [3.05, 3.63) is 17.7 Å². The van der Waals surface area contributed by atoms with Crippen LogP contribution >= 0.6 is 0 Å². The van der Waals surface area contributed by atoms with Crippen LogP contribution in [0.5, 0.6) is 11.5 Å². The Balaban J connectivity index is 2.11. The molecule has 0 bridgehead atoms. The lowest BCUT2D eigenvalue weighted by Gasteiger charge is -2.28. The van der Waals surface area contributed by atoms with Crippen LogP contribution in [0.25, 0.3) is 0 Å². The molecule has 2 unspecified atom stereocenters. The van der Waals surface area contributed by atoms with Gasteiger partial charge in [0.1, 0.15) is 0 Å². The molecule has 1 fully saturated rings. The molecule has 7 heteroatoms. The van der Waals surface area contributed by atoms with E-state index in [0.29, 0.717) is 29.5 Å². The zero-order valence-electron chi connectivity index (χ0n) is 15.1. The fraction of sp³-hybridized carbons (Fsp3) is 0.556. The van der Waals surface area contributed by atoms with E-state index in [-0.39, 0.29) is 17.4 Å². The van der Waals surface area contributed by atoms with Gasteiger partial charge < -0.3 is 25.8 Å². The van der Waals surface area contributed by atoms with Gasteiger partial charge in [-0.2, -0.15) is 0 Å². The zero-order chi connectivity index (χ0) is 18.4. The quantitative estimate of drug-likeness (QED) is 0.696. The number of carbonyl (C=O) groups is 2. The number of nitrogens with one attached hydrogen (secondary N) is 2. The van der Waals surface area contributed by atoms with Crippen molar-refractivity contribution in [1.29, 1.82) is 0 Å². The first-order valence-electron chi connectivity index (χ1n) is 8.52. The minimum atomic E-state index is -0.638. The number of primary amides is 1. The number of ether oxygens (including phenoxy) is 2. The lowest BCUT2D eigenvalue weighted by atomic mass is 9.85. The number of hydrogen-bond donors (Lipinski definition) is 3. The van der Waals surface area contributed by atoms with E-state index in [0.717, 1.165) is 25.9 Å². The summed E-state index contributed by atoms with van der Waals surface area (Å²) in [5, 5.41) is 6.16. The fourth-order valence-corrected chi connectivity index (χ4v) is 3.21. The van der Waals surface area contributed by atoms with Gasteiger partial charge in [-0.3, -0.25) is 9.59 Å². The van der Waals surface area contributed by atoms with Crippen LogP contribution in [0.1, 0.15) is 36.5 Å². The summed E-state index contributed by atoms with van der Waals surface area (Å²) < 4.78 is 10.4. The number of methoxy groups -OCH3 is 2. The van der Waals surface area contributed by atoms with E-state index in [1.165, 1.54) is 20.3 Å². The number of benzene rings is 1. The summed E-state index contributed by atoms with van der Waals surface area (Å²) in [4.78, 5) is 24.1. The van der Waals surface area contributed by atoms with Crippen LogP contribution in [0.4, 0.5) is 5.69 Å². The summed E-state index contributed by atoms with van der Waals surface area (Å²) in [5.41, 5.74) is 5.96. The maximum atomic E-state index is 12.4. The second kappa shape index (κ2) is 8.71. The topological polar surface area (TPSA) is 103 Å². The summed E-state index contributed by atoms with van der Waals surface area (Å²) in [5.74, 6) is 0.766. The van der Waals surface area contributed by atoms with Crippen LogP contribution < -0.4 is 25.8 Å². The van der Waals surface area contributed by atoms with Crippen molar-refractivity contribution >= 4 is 17.5 Å². The minimum Gasteiger partial charge on any atom is -0.493 e. The predicted molar refractivity (Wildman–Crippen MR) is 96.1 cm³/mol.